The zero-order chi connectivity index (χ0) is 19.7. The molecule has 2 aliphatic rings. The largest absolute Gasteiger partial charge is 0.481 e. The quantitative estimate of drug-likeness (QED) is 0.725. The zero-order valence-electron chi connectivity index (χ0n) is 16.8. The van der Waals surface area contributed by atoms with Gasteiger partial charge in [0.25, 0.3) is 0 Å². The summed E-state index contributed by atoms with van der Waals surface area (Å²) in [5, 5.41) is 12.9. The molecule has 4 heteroatoms. The van der Waals surface area contributed by atoms with E-state index in [9.17, 15) is 14.7 Å². The van der Waals surface area contributed by atoms with Gasteiger partial charge in [0, 0.05) is 0 Å². The van der Waals surface area contributed by atoms with E-state index in [0.29, 0.717) is 0 Å². The number of hydrogen-bond acceptors (Lipinski definition) is 2. The maximum Gasteiger partial charge on any atom is 0.307 e. The predicted octanol–water partition coefficient (Wildman–Crippen LogP) is 4.51. The molecule has 0 saturated heterocycles. The molecule has 0 aliphatic heterocycles. The van der Waals surface area contributed by atoms with Crippen molar-refractivity contribution in [3.05, 3.63) is 46.5 Å². The summed E-state index contributed by atoms with van der Waals surface area (Å²) in [6.45, 7) is 8.21. The summed E-state index contributed by atoms with van der Waals surface area (Å²) in [5.74, 6) is -1.88. The van der Waals surface area contributed by atoms with Crippen LogP contribution < -0.4 is 5.32 Å². The molecular formula is C23H31NO3. The highest BCUT2D eigenvalue weighted by Gasteiger charge is 2.57. The molecule has 2 bridgehead atoms. The van der Waals surface area contributed by atoms with Crippen LogP contribution in [0.25, 0.3) is 0 Å². The van der Waals surface area contributed by atoms with Gasteiger partial charge < -0.3 is 10.4 Å². The highest BCUT2D eigenvalue weighted by atomic mass is 16.4. The average molecular weight is 370 g/mol. The Hall–Kier alpha value is -2.10. The van der Waals surface area contributed by atoms with Crippen molar-refractivity contribution in [1.82, 2.24) is 5.32 Å². The van der Waals surface area contributed by atoms with Gasteiger partial charge in [-0.15, -0.1) is 0 Å². The minimum absolute atomic E-state index is 0.0249. The van der Waals surface area contributed by atoms with E-state index in [1.165, 1.54) is 16.7 Å². The maximum absolute atomic E-state index is 13.1. The van der Waals surface area contributed by atoms with Crippen LogP contribution in [0.2, 0.25) is 0 Å². The predicted molar refractivity (Wildman–Crippen MR) is 106 cm³/mol. The van der Waals surface area contributed by atoms with Gasteiger partial charge in [0.1, 0.15) is 0 Å². The van der Waals surface area contributed by atoms with Gasteiger partial charge in [-0.25, -0.2) is 0 Å². The number of aryl methyl sites for hydroxylation is 1. The van der Waals surface area contributed by atoms with E-state index >= 15 is 0 Å². The van der Waals surface area contributed by atoms with E-state index in [4.69, 9.17) is 0 Å². The zero-order valence-corrected chi connectivity index (χ0v) is 16.8. The first-order chi connectivity index (χ1) is 12.8. The Kier molecular flexibility index (Phi) is 5.73. The molecule has 4 nitrogen and oxygen atoms in total. The number of benzene rings is 1. The van der Waals surface area contributed by atoms with Gasteiger partial charge >= 0.3 is 5.97 Å². The summed E-state index contributed by atoms with van der Waals surface area (Å²) in [4.78, 5) is 25.0. The number of hydrogen-bond donors (Lipinski definition) is 2. The van der Waals surface area contributed by atoms with E-state index in [1.54, 1.807) is 0 Å². The molecule has 2 fully saturated rings. The average Bonchev–Trinajstić information content (AvgIpc) is 3.18. The van der Waals surface area contributed by atoms with Crippen LogP contribution in [0.5, 0.6) is 0 Å². The van der Waals surface area contributed by atoms with Gasteiger partial charge in [-0.05, 0) is 63.0 Å². The van der Waals surface area contributed by atoms with Gasteiger partial charge in [-0.2, -0.15) is 0 Å². The molecule has 5 atom stereocenters. The third-order valence-corrected chi connectivity index (χ3v) is 6.38. The fraction of sp³-hybridized carbons (Fsp3) is 0.565. The molecule has 2 N–H and O–H groups in total. The molecule has 0 radical (unpaired) electrons. The molecule has 3 rings (SSSR count). The van der Waals surface area contributed by atoms with Gasteiger partial charge in [-0.3, -0.25) is 9.59 Å². The number of carboxylic acid groups (broad SMARTS) is 1. The Balaban J connectivity index is 1.76. The molecule has 1 aromatic rings. The van der Waals surface area contributed by atoms with Crippen LogP contribution in [0.15, 0.2) is 35.4 Å². The highest BCUT2D eigenvalue weighted by molar-refractivity contribution is 5.87. The molecule has 2 aliphatic carbocycles. The van der Waals surface area contributed by atoms with Crippen LogP contribution in [-0.2, 0) is 16.0 Å². The van der Waals surface area contributed by atoms with Crippen molar-refractivity contribution in [3.63, 3.8) is 0 Å². The van der Waals surface area contributed by atoms with Crippen LogP contribution in [0, 0.1) is 23.7 Å². The van der Waals surface area contributed by atoms with E-state index in [-0.39, 0.29) is 23.8 Å². The molecule has 27 heavy (non-hydrogen) atoms. The number of allylic oxidation sites excluding steroid dienone is 2. The van der Waals surface area contributed by atoms with E-state index in [1.807, 2.05) is 20.8 Å². The third-order valence-electron chi connectivity index (χ3n) is 6.38. The van der Waals surface area contributed by atoms with E-state index in [2.05, 4.69) is 36.5 Å². The van der Waals surface area contributed by atoms with Crippen molar-refractivity contribution in [2.75, 3.05) is 0 Å². The van der Waals surface area contributed by atoms with Crippen molar-refractivity contribution >= 4 is 11.9 Å². The fourth-order valence-corrected chi connectivity index (χ4v) is 5.26. The van der Waals surface area contributed by atoms with Crippen molar-refractivity contribution in [1.29, 1.82) is 0 Å². The molecule has 0 aromatic heterocycles. The van der Waals surface area contributed by atoms with Gasteiger partial charge in [-0.1, -0.05) is 48.8 Å². The van der Waals surface area contributed by atoms with Crippen LogP contribution in [-0.4, -0.2) is 17.0 Å². The second-order valence-electron chi connectivity index (χ2n) is 8.36. The maximum atomic E-state index is 13.1. The van der Waals surface area contributed by atoms with Crippen molar-refractivity contribution in [2.24, 2.45) is 23.7 Å². The van der Waals surface area contributed by atoms with Crippen molar-refractivity contribution in [2.45, 2.75) is 59.4 Å². The lowest BCUT2D eigenvalue weighted by Gasteiger charge is -2.28. The Morgan fingerprint density at radius 2 is 1.70 bits per heavy atom. The summed E-state index contributed by atoms with van der Waals surface area (Å²) in [7, 11) is 0. The number of rotatable bonds is 6. The number of nitrogens with one attached hydrogen (secondary N) is 1. The standard InChI is InChI=1S/C23H31NO3/c1-5-6-15-7-9-16(10-8-15)14(4)24-22(25)20-17-11-12-18(19(17)13(2)3)21(20)23(26)27/h7-10,14,17-18,20-21H,5-6,11-12H2,1-4H3,(H,24,25)(H,26,27)/t14-,17-,18-,20+,21+/m1/s1. The van der Waals surface area contributed by atoms with E-state index in [0.717, 1.165) is 31.2 Å². The molecule has 0 unspecified atom stereocenters. The Bertz CT molecular complexity index is 745. The summed E-state index contributed by atoms with van der Waals surface area (Å²) >= 11 is 0. The summed E-state index contributed by atoms with van der Waals surface area (Å²) in [6.07, 6.45) is 3.98. The topological polar surface area (TPSA) is 66.4 Å². The van der Waals surface area contributed by atoms with Crippen molar-refractivity contribution in [3.8, 4) is 0 Å². The lowest BCUT2D eigenvalue weighted by Crippen LogP contribution is -2.42. The SMILES string of the molecule is CCCc1ccc([C@@H](C)NC(=O)[C@@H]2[C@@H](C(=O)O)[C@@H]3CC[C@@H]2C3=C(C)C)cc1. The first-order valence-electron chi connectivity index (χ1n) is 10.1. The first kappa shape index (κ1) is 19.7. The molecule has 0 spiro atoms. The van der Waals surface area contributed by atoms with Gasteiger partial charge in [0.05, 0.1) is 17.9 Å². The Morgan fingerprint density at radius 3 is 2.22 bits per heavy atom. The van der Waals surface area contributed by atoms with Crippen LogP contribution in [0.4, 0.5) is 0 Å². The smallest absolute Gasteiger partial charge is 0.307 e. The molecule has 0 heterocycles. The lowest BCUT2D eigenvalue weighted by atomic mass is 9.78. The summed E-state index contributed by atoms with van der Waals surface area (Å²) in [5.41, 5.74) is 4.76. The molecule has 2 saturated carbocycles. The number of carbonyl (C=O) groups is 2. The van der Waals surface area contributed by atoms with Crippen LogP contribution in [0.3, 0.4) is 0 Å². The fourth-order valence-electron chi connectivity index (χ4n) is 5.26. The lowest BCUT2D eigenvalue weighted by molar-refractivity contribution is -0.149. The number of amides is 1. The number of aliphatic carboxylic acids is 1. The van der Waals surface area contributed by atoms with Crippen LogP contribution >= 0.6 is 0 Å². The van der Waals surface area contributed by atoms with Crippen LogP contribution in [0.1, 0.15) is 64.1 Å². The number of carbonyl (C=O) groups excluding carboxylic acids is 1. The molecule has 146 valence electrons. The van der Waals surface area contributed by atoms with Gasteiger partial charge in [0.15, 0.2) is 0 Å². The number of carboxylic acids is 1. The monoisotopic (exact) mass is 369 g/mol. The summed E-state index contributed by atoms with van der Waals surface area (Å²) < 4.78 is 0. The minimum Gasteiger partial charge on any atom is -0.481 e. The minimum atomic E-state index is -0.835. The third kappa shape index (κ3) is 3.67. The first-order valence-corrected chi connectivity index (χ1v) is 10.1. The van der Waals surface area contributed by atoms with E-state index < -0.39 is 17.8 Å². The Labute approximate surface area is 162 Å². The molecule has 1 amide bonds. The van der Waals surface area contributed by atoms with Crippen molar-refractivity contribution < 1.29 is 14.7 Å². The highest BCUT2D eigenvalue weighted by Crippen LogP contribution is 2.57. The second kappa shape index (κ2) is 7.87. The summed E-state index contributed by atoms with van der Waals surface area (Å²) in [6, 6.07) is 8.22. The number of fused-ring (bicyclic) bond motifs is 2. The normalized spacial score (nSPS) is 27.5. The molecule has 1 aromatic carbocycles. The molecular weight excluding hydrogens is 338 g/mol. The van der Waals surface area contributed by atoms with Gasteiger partial charge in [0.2, 0.25) is 5.91 Å². The Morgan fingerprint density at radius 1 is 1.11 bits per heavy atom. The second-order valence-corrected chi connectivity index (χ2v) is 8.36.